The summed E-state index contributed by atoms with van der Waals surface area (Å²) in [6.45, 7) is 2.20. The summed E-state index contributed by atoms with van der Waals surface area (Å²) in [4.78, 5) is 0. The Hall–Kier alpha value is -2.67. The molecular formula is C22H20N+. The van der Waals surface area contributed by atoms with Gasteiger partial charge < -0.3 is 0 Å². The van der Waals surface area contributed by atoms with Crippen LogP contribution < -0.4 is 4.57 Å². The topological polar surface area (TPSA) is 3.88 Å². The van der Waals surface area contributed by atoms with Gasteiger partial charge in [-0.05, 0) is 29.7 Å². The van der Waals surface area contributed by atoms with Crippen LogP contribution in [-0.2, 0) is 13.5 Å². The zero-order chi connectivity index (χ0) is 15.8. The van der Waals surface area contributed by atoms with Gasteiger partial charge in [-0.15, -0.1) is 0 Å². The Balaban J connectivity index is 2.15. The zero-order valence-corrected chi connectivity index (χ0v) is 13.6. The molecule has 0 aliphatic carbocycles. The number of aryl methyl sites for hydroxylation is 2. The summed E-state index contributed by atoms with van der Waals surface area (Å²) in [6.07, 6.45) is 1.07. The maximum Gasteiger partial charge on any atom is 0.213 e. The Bertz CT molecular complexity index is 940. The molecule has 0 aliphatic rings. The van der Waals surface area contributed by atoms with Gasteiger partial charge in [-0.1, -0.05) is 55.5 Å². The van der Waals surface area contributed by atoms with Crippen LogP contribution in [0.2, 0.25) is 0 Å². The average molecular weight is 298 g/mol. The first-order chi connectivity index (χ1) is 11.3. The van der Waals surface area contributed by atoms with E-state index in [4.69, 9.17) is 0 Å². The van der Waals surface area contributed by atoms with E-state index in [9.17, 15) is 0 Å². The van der Waals surface area contributed by atoms with Gasteiger partial charge in [-0.2, -0.15) is 4.57 Å². The largest absolute Gasteiger partial charge is 0.213 e. The molecule has 3 aromatic carbocycles. The van der Waals surface area contributed by atoms with Crippen molar-refractivity contribution in [2.75, 3.05) is 0 Å². The highest BCUT2D eigenvalue weighted by Gasteiger charge is 2.17. The van der Waals surface area contributed by atoms with Crippen LogP contribution in [0.25, 0.3) is 32.9 Å². The minimum Gasteiger partial charge on any atom is -0.194 e. The predicted molar refractivity (Wildman–Crippen MR) is 97.4 cm³/mol. The predicted octanol–water partition coefficient (Wildman–Crippen LogP) is 5.05. The number of pyridine rings is 1. The Kier molecular flexibility index (Phi) is 3.34. The van der Waals surface area contributed by atoms with Crippen LogP contribution in [0.4, 0.5) is 0 Å². The molecule has 4 rings (SSSR count). The van der Waals surface area contributed by atoms with Crippen LogP contribution in [0.1, 0.15) is 12.5 Å². The zero-order valence-electron chi connectivity index (χ0n) is 13.6. The smallest absolute Gasteiger partial charge is 0.194 e. The highest BCUT2D eigenvalue weighted by molar-refractivity contribution is 6.07. The van der Waals surface area contributed by atoms with Gasteiger partial charge >= 0.3 is 0 Å². The van der Waals surface area contributed by atoms with E-state index in [0.29, 0.717) is 0 Å². The first-order valence-corrected chi connectivity index (χ1v) is 8.18. The number of fused-ring (bicyclic) bond motifs is 2. The van der Waals surface area contributed by atoms with Gasteiger partial charge in [0.15, 0.2) is 0 Å². The summed E-state index contributed by atoms with van der Waals surface area (Å²) < 4.78 is 2.29. The molecular weight excluding hydrogens is 278 g/mol. The minimum absolute atomic E-state index is 1.07. The average Bonchev–Trinajstić information content (AvgIpc) is 2.63. The van der Waals surface area contributed by atoms with Gasteiger partial charge in [0.05, 0.1) is 10.8 Å². The van der Waals surface area contributed by atoms with Crippen molar-refractivity contribution >= 4 is 21.8 Å². The van der Waals surface area contributed by atoms with Crippen molar-refractivity contribution in [3.05, 3.63) is 78.4 Å². The molecule has 0 aliphatic heterocycles. The molecule has 0 N–H and O–H groups in total. The maximum atomic E-state index is 2.29. The SMILES string of the molecule is CCc1ccc(-c2c3ccccc3[n+](C)c3ccccc23)cc1. The number of hydrogen-bond acceptors (Lipinski definition) is 0. The second-order valence-electron chi connectivity index (χ2n) is 6.02. The lowest BCUT2D eigenvalue weighted by molar-refractivity contribution is -0.617. The lowest BCUT2D eigenvalue weighted by atomic mass is 9.95. The summed E-state index contributed by atoms with van der Waals surface area (Å²) in [5.41, 5.74) is 6.53. The fourth-order valence-electron chi connectivity index (χ4n) is 3.45. The number of aromatic nitrogens is 1. The molecule has 23 heavy (non-hydrogen) atoms. The molecule has 1 heterocycles. The molecule has 0 spiro atoms. The van der Waals surface area contributed by atoms with Crippen LogP contribution in [0.5, 0.6) is 0 Å². The van der Waals surface area contributed by atoms with Crippen LogP contribution >= 0.6 is 0 Å². The first kappa shape index (κ1) is 14.0. The van der Waals surface area contributed by atoms with E-state index >= 15 is 0 Å². The summed E-state index contributed by atoms with van der Waals surface area (Å²) in [6, 6.07) is 26.3. The van der Waals surface area contributed by atoms with E-state index < -0.39 is 0 Å². The van der Waals surface area contributed by atoms with Crippen LogP contribution in [0.3, 0.4) is 0 Å². The van der Waals surface area contributed by atoms with Crippen molar-refractivity contribution in [3.8, 4) is 11.1 Å². The second-order valence-corrected chi connectivity index (χ2v) is 6.02. The van der Waals surface area contributed by atoms with Gasteiger partial charge in [-0.3, -0.25) is 0 Å². The molecule has 1 nitrogen and oxygen atoms in total. The van der Waals surface area contributed by atoms with Gasteiger partial charge in [-0.25, -0.2) is 0 Å². The molecule has 0 unspecified atom stereocenters. The Morgan fingerprint density at radius 2 is 1.22 bits per heavy atom. The minimum atomic E-state index is 1.07. The molecule has 0 atom stereocenters. The highest BCUT2D eigenvalue weighted by atomic mass is 14.9. The highest BCUT2D eigenvalue weighted by Crippen LogP contribution is 2.33. The summed E-state index contributed by atoms with van der Waals surface area (Å²) >= 11 is 0. The van der Waals surface area contributed by atoms with E-state index in [1.54, 1.807) is 0 Å². The number of rotatable bonds is 2. The standard InChI is InChI=1S/C22H20N/c1-3-16-12-14-17(15-13-16)22-18-8-4-6-10-20(18)23(2)21-11-7-5-9-19(21)22/h4-15H,3H2,1-2H3/q+1. The normalized spacial score (nSPS) is 11.2. The van der Waals surface area contributed by atoms with Gasteiger partial charge in [0, 0.05) is 17.7 Å². The van der Waals surface area contributed by atoms with Crippen molar-refractivity contribution in [1.82, 2.24) is 0 Å². The second kappa shape index (κ2) is 5.51. The van der Waals surface area contributed by atoms with E-state index in [0.717, 1.165) is 6.42 Å². The number of para-hydroxylation sites is 2. The Morgan fingerprint density at radius 1 is 0.696 bits per heavy atom. The van der Waals surface area contributed by atoms with Gasteiger partial charge in [0.2, 0.25) is 11.0 Å². The number of nitrogens with zero attached hydrogens (tertiary/aromatic N) is 1. The molecule has 0 bridgehead atoms. The summed E-state index contributed by atoms with van der Waals surface area (Å²) in [5.74, 6) is 0. The van der Waals surface area contributed by atoms with Crippen LogP contribution in [-0.4, -0.2) is 0 Å². The molecule has 112 valence electrons. The summed E-state index contributed by atoms with van der Waals surface area (Å²) in [5, 5.41) is 2.61. The molecule has 0 fully saturated rings. The number of benzene rings is 3. The monoisotopic (exact) mass is 298 g/mol. The van der Waals surface area contributed by atoms with Gasteiger partial charge in [0.25, 0.3) is 0 Å². The fraction of sp³-hybridized carbons (Fsp3) is 0.136. The third kappa shape index (κ3) is 2.20. The number of hydrogen-bond donors (Lipinski definition) is 0. The van der Waals surface area contributed by atoms with E-state index in [1.807, 2.05) is 0 Å². The van der Waals surface area contributed by atoms with Crippen molar-refractivity contribution in [2.45, 2.75) is 13.3 Å². The Labute approximate surface area is 136 Å². The maximum absolute atomic E-state index is 2.29. The fourth-order valence-corrected chi connectivity index (χ4v) is 3.45. The van der Waals surface area contributed by atoms with Crippen molar-refractivity contribution in [1.29, 1.82) is 0 Å². The lowest BCUT2D eigenvalue weighted by Gasteiger charge is -2.11. The third-order valence-corrected chi connectivity index (χ3v) is 4.72. The Morgan fingerprint density at radius 3 is 1.74 bits per heavy atom. The van der Waals surface area contributed by atoms with Gasteiger partial charge in [0.1, 0.15) is 7.05 Å². The summed E-state index contributed by atoms with van der Waals surface area (Å²) in [7, 11) is 2.15. The van der Waals surface area contributed by atoms with Crippen molar-refractivity contribution in [2.24, 2.45) is 7.05 Å². The van der Waals surface area contributed by atoms with Crippen molar-refractivity contribution in [3.63, 3.8) is 0 Å². The molecule has 0 radical (unpaired) electrons. The molecule has 0 saturated heterocycles. The molecule has 0 amide bonds. The first-order valence-electron chi connectivity index (χ1n) is 8.18. The molecule has 0 saturated carbocycles. The van der Waals surface area contributed by atoms with E-state index in [2.05, 4.69) is 91.3 Å². The molecule has 4 aromatic rings. The quantitative estimate of drug-likeness (QED) is 0.360. The molecule has 1 heteroatoms. The van der Waals surface area contributed by atoms with Crippen LogP contribution in [0.15, 0.2) is 72.8 Å². The van der Waals surface area contributed by atoms with E-state index in [-0.39, 0.29) is 0 Å². The van der Waals surface area contributed by atoms with E-state index in [1.165, 1.54) is 38.5 Å². The molecule has 1 aromatic heterocycles. The lowest BCUT2D eigenvalue weighted by Crippen LogP contribution is -2.30. The van der Waals surface area contributed by atoms with Crippen LogP contribution in [0, 0.1) is 0 Å². The van der Waals surface area contributed by atoms with Crippen molar-refractivity contribution < 1.29 is 4.57 Å². The third-order valence-electron chi connectivity index (χ3n) is 4.72.